The number of nitrogens with one attached hydrogen (secondary N) is 1. The highest BCUT2D eigenvalue weighted by molar-refractivity contribution is 5.82. The van der Waals surface area contributed by atoms with E-state index in [-0.39, 0.29) is 11.5 Å². The van der Waals surface area contributed by atoms with Gasteiger partial charge >= 0.3 is 6.18 Å². The van der Waals surface area contributed by atoms with Crippen LogP contribution in [0.1, 0.15) is 0 Å². The van der Waals surface area contributed by atoms with Gasteiger partial charge in [-0.2, -0.15) is 13.2 Å². The molecule has 2 rings (SSSR count). The van der Waals surface area contributed by atoms with Crippen LogP contribution in [0.25, 0.3) is 10.9 Å². The molecular formula is C11H8F3N3O2. The number of nitro groups is 1. The van der Waals surface area contributed by atoms with Gasteiger partial charge in [0.1, 0.15) is 12.4 Å². The van der Waals surface area contributed by atoms with E-state index in [0.717, 1.165) is 0 Å². The molecule has 19 heavy (non-hydrogen) atoms. The van der Waals surface area contributed by atoms with Crippen molar-refractivity contribution in [2.24, 2.45) is 0 Å². The highest BCUT2D eigenvalue weighted by atomic mass is 19.4. The quantitative estimate of drug-likeness (QED) is 0.688. The lowest BCUT2D eigenvalue weighted by atomic mass is 10.2. The van der Waals surface area contributed by atoms with Gasteiger partial charge < -0.3 is 5.32 Å². The van der Waals surface area contributed by atoms with Gasteiger partial charge in [0.2, 0.25) is 0 Å². The number of hydrogen-bond donors (Lipinski definition) is 1. The lowest BCUT2D eigenvalue weighted by molar-refractivity contribution is -0.384. The number of pyridine rings is 1. The van der Waals surface area contributed by atoms with Gasteiger partial charge in [-0.3, -0.25) is 10.1 Å². The normalized spacial score (nSPS) is 11.5. The first-order chi connectivity index (χ1) is 8.85. The fraction of sp³-hybridized carbons (Fsp3) is 0.182. The predicted octanol–water partition coefficient (Wildman–Crippen LogP) is 3.12. The maximum absolute atomic E-state index is 12.0. The van der Waals surface area contributed by atoms with Crippen molar-refractivity contribution >= 4 is 22.4 Å². The molecule has 0 saturated heterocycles. The van der Waals surface area contributed by atoms with Gasteiger partial charge in [0.05, 0.1) is 10.4 Å². The molecule has 0 bridgehead atoms. The van der Waals surface area contributed by atoms with Crippen LogP contribution in [-0.2, 0) is 0 Å². The van der Waals surface area contributed by atoms with Crippen LogP contribution in [0.2, 0.25) is 0 Å². The van der Waals surface area contributed by atoms with Gasteiger partial charge in [-0.15, -0.1) is 0 Å². The van der Waals surface area contributed by atoms with Crippen LogP contribution >= 0.6 is 0 Å². The van der Waals surface area contributed by atoms with E-state index < -0.39 is 17.6 Å². The average Bonchev–Trinajstić information content (AvgIpc) is 2.34. The van der Waals surface area contributed by atoms with Gasteiger partial charge in [-0.1, -0.05) is 0 Å². The Bertz CT molecular complexity index is 628. The van der Waals surface area contributed by atoms with E-state index in [4.69, 9.17) is 0 Å². The Morgan fingerprint density at radius 1 is 1.26 bits per heavy atom. The van der Waals surface area contributed by atoms with Crippen LogP contribution in [0, 0.1) is 10.1 Å². The lowest BCUT2D eigenvalue weighted by Crippen LogP contribution is -2.21. The Hall–Kier alpha value is -2.38. The fourth-order valence-corrected chi connectivity index (χ4v) is 1.52. The summed E-state index contributed by atoms with van der Waals surface area (Å²) in [5.74, 6) is 0.0682. The Morgan fingerprint density at radius 3 is 2.63 bits per heavy atom. The molecule has 5 nitrogen and oxygen atoms in total. The van der Waals surface area contributed by atoms with E-state index in [2.05, 4.69) is 10.3 Å². The summed E-state index contributed by atoms with van der Waals surface area (Å²) in [6.45, 7) is -1.18. The molecule has 0 aliphatic heterocycles. The number of anilines is 1. The maximum atomic E-state index is 12.0. The minimum Gasteiger partial charge on any atom is -0.361 e. The van der Waals surface area contributed by atoms with Gasteiger partial charge in [0.15, 0.2) is 0 Å². The second kappa shape index (κ2) is 4.71. The second-order valence-corrected chi connectivity index (χ2v) is 3.80. The van der Waals surface area contributed by atoms with Gasteiger partial charge in [-0.25, -0.2) is 4.98 Å². The number of hydrogen-bond acceptors (Lipinski definition) is 4. The molecule has 0 atom stereocenters. The van der Waals surface area contributed by atoms with Crippen molar-refractivity contribution < 1.29 is 18.1 Å². The third kappa shape index (κ3) is 3.30. The number of nitrogens with zero attached hydrogens (tertiary/aromatic N) is 2. The molecule has 100 valence electrons. The number of rotatable bonds is 3. The largest absolute Gasteiger partial charge is 0.405 e. The molecule has 1 aromatic carbocycles. The minimum absolute atomic E-state index is 0.0682. The number of nitro benzene ring substituents is 1. The molecule has 0 aliphatic carbocycles. The van der Waals surface area contributed by atoms with Gasteiger partial charge in [-0.05, 0) is 18.2 Å². The number of alkyl halides is 3. The highest BCUT2D eigenvalue weighted by Gasteiger charge is 2.26. The average molecular weight is 271 g/mol. The molecule has 2 aromatic rings. The summed E-state index contributed by atoms with van der Waals surface area (Å²) in [5.41, 5.74) is 0.295. The standard InChI is InChI=1S/C11H8F3N3O2/c12-11(13,14)6-15-10-4-1-7-5-8(17(18)19)2-3-9(7)16-10/h1-5H,6H2,(H,15,16). The zero-order chi connectivity index (χ0) is 14.0. The van der Waals surface area contributed by atoms with E-state index in [1.807, 2.05) is 0 Å². The van der Waals surface area contributed by atoms with Crippen molar-refractivity contribution in [3.8, 4) is 0 Å². The number of non-ortho nitro benzene ring substituents is 1. The van der Waals surface area contributed by atoms with Crippen LogP contribution in [0.3, 0.4) is 0 Å². The molecular weight excluding hydrogens is 263 g/mol. The molecule has 1 N–H and O–H groups in total. The molecule has 0 saturated carbocycles. The summed E-state index contributed by atoms with van der Waals surface area (Å²) in [6.07, 6.45) is -4.33. The molecule has 0 aliphatic rings. The second-order valence-electron chi connectivity index (χ2n) is 3.80. The van der Waals surface area contributed by atoms with E-state index in [1.165, 1.54) is 30.3 Å². The summed E-state index contributed by atoms with van der Waals surface area (Å²) in [4.78, 5) is 14.0. The SMILES string of the molecule is O=[N+]([O-])c1ccc2nc(NCC(F)(F)F)ccc2c1. The van der Waals surface area contributed by atoms with Crippen LogP contribution in [0.5, 0.6) is 0 Å². The molecule has 1 heterocycles. The Labute approximate surface area is 105 Å². The summed E-state index contributed by atoms with van der Waals surface area (Å²) in [7, 11) is 0. The summed E-state index contributed by atoms with van der Waals surface area (Å²) < 4.78 is 36.1. The van der Waals surface area contributed by atoms with Crippen molar-refractivity contribution in [2.45, 2.75) is 6.18 Å². The van der Waals surface area contributed by atoms with Crippen molar-refractivity contribution in [2.75, 3.05) is 11.9 Å². The molecule has 0 spiro atoms. The Balaban J connectivity index is 2.26. The summed E-state index contributed by atoms with van der Waals surface area (Å²) in [6, 6.07) is 6.79. The molecule has 0 radical (unpaired) electrons. The first-order valence-corrected chi connectivity index (χ1v) is 5.21. The Morgan fingerprint density at radius 2 is 2.00 bits per heavy atom. The first kappa shape index (κ1) is 13.1. The highest BCUT2D eigenvalue weighted by Crippen LogP contribution is 2.22. The van der Waals surface area contributed by atoms with E-state index >= 15 is 0 Å². The smallest absolute Gasteiger partial charge is 0.361 e. The van der Waals surface area contributed by atoms with Crippen LogP contribution in [-0.4, -0.2) is 22.6 Å². The van der Waals surface area contributed by atoms with Gasteiger partial charge in [0.25, 0.3) is 5.69 Å². The number of benzene rings is 1. The molecule has 1 aromatic heterocycles. The molecule has 8 heteroatoms. The van der Waals surface area contributed by atoms with E-state index in [9.17, 15) is 23.3 Å². The van der Waals surface area contributed by atoms with Gasteiger partial charge in [0, 0.05) is 17.5 Å². The van der Waals surface area contributed by atoms with Crippen molar-refractivity contribution in [1.82, 2.24) is 4.98 Å². The zero-order valence-electron chi connectivity index (χ0n) is 9.44. The minimum atomic E-state index is -4.33. The fourth-order valence-electron chi connectivity index (χ4n) is 1.52. The molecule has 0 unspecified atom stereocenters. The van der Waals surface area contributed by atoms with E-state index in [0.29, 0.717) is 10.9 Å². The van der Waals surface area contributed by atoms with Crippen LogP contribution < -0.4 is 5.32 Å². The first-order valence-electron chi connectivity index (χ1n) is 5.21. The monoisotopic (exact) mass is 271 g/mol. The van der Waals surface area contributed by atoms with E-state index in [1.54, 1.807) is 0 Å². The number of halogens is 3. The maximum Gasteiger partial charge on any atom is 0.405 e. The van der Waals surface area contributed by atoms with Crippen LogP contribution in [0.15, 0.2) is 30.3 Å². The molecule has 0 fully saturated rings. The number of aromatic nitrogens is 1. The zero-order valence-corrected chi connectivity index (χ0v) is 9.44. The lowest BCUT2D eigenvalue weighted by Gasteiger charge is -2.09. The summed E-state index contributed by atoms with van der Waals surface area (Å²) >= 11 is 0. The number of fused-ring (bicyclic) bond motifs is 1. The molecule has 0 amide bonds. The summed E-state index contributed by atoms with van der Waals surface area (Å²) in [5, 5.41) is 13.2. The topological polar surface area (TPSA) is 68.1 Å². The third-order valence-corrected chi connectivity index (χ3v) is 2.35. The van der Waals surface area contributed by atoms with Crippen LogP contribution in [0.4, 0.5) is 24.7 Å². The predicted molar refractivity (Wildman–Crippen MR) is 62.9 cm³/mol. The van der Waals surface area contributed by atoms with Crippen molar-refractivity contribution in [3.05, 3.63) is 40.4 Å². The Kier molecular flexibility index (Phi) is 3.24. The van der Waals surface area contributed by atoms with Crippen molar-refractivity contribution in [3.63, 3.8) is 0 Å². The third-order valence-electron chi connectivity index (χ3n) is 2.35. The van der Waals surface area contributed by atoms with Crippen molar-refractivity contribution in [1.29, 1.82) is 0 Å².